The highest BCUT2D eigenvalue weighted by molar-refractivity contribution is 5.92. The number of carbonyl (C=O) groups excluding carboxylic acids is 2. The van der Waals surface area contributed by atoms with Crippen molar-refractivity contribution in [2.75, 3.05) is 13.1 Å². The van der Waals surface area contributed by atoms with Crippen LogP contribution in [-0.2, 0) is 14.4 Å². The Morgan fingerprint density at radius 3 is 2.39 bits per heavy atom. The van der Waals surface area contributed by atoms with Gasteiger partial charge in [-0.2, -0.15) is 0 Å². The van der Waals surface area contributed by atoms with Gasteiger partial charge in [0.25, 0.3) is 0 Å². The molecule has 1 atom stereocenters. The number of carbonyl (C=O) groups is 3. The van der Waals surface area contributed by atoms with E-state index >= 15 is 0 Å². The molecule has 0 saturated heterocycles. The number of primary amides is 1. The lowest BCUT2D eigenvalue weighted by Gasteiger charge is -2.13. The summed E-state index contributed by atoms with van der Waals surface area (Å²) >= 11 is 0. The molecule has 7 nitrogen and oxygen atoms in total. The minimum atomic E-state index is -1.05. The molecular formula is C11H19N3O4. The van der Waals surface area contributed by atoms with E-state index in [-0.39, 0.29) is 31.8 Å². The van der Waals surface area contributed by atoms with Crippen molar-refractivity contribution >= 4 is 17.8 Å². The van der Waals surface area contributed by atoms with Crippen LogP contribution in [0.2, 0.25) is 0 Å². The number of carboxylic acids is 1. The van der Waals surface area contributed by atoms with Crippen molar-refractivity contribution in [1.29, 1.82) is 0 Å². The quantitative estimate of drug-likeness (QED) is 0.311. The van der Waals surface area contributed by atoms with Gasteiger partial charge in [0.2, 0.25) is 11.8 Å². The molecule has 0 bridgehead atoms. The summed E-state index contributed by atoms with van der Waals surface area (Å²) in [5.41, 5.74) is 5.33. The predicted octanol–water partition coefficient (Wildman–Crippen LogP) is -1.01. The van der Waals surface area contributed by atoms with Crippen molar-refractivity contribution in [2.45, 2.75) is 25.8 Å². The van der Waals surface area contributed by atoms with Gasteiger partial charge < -0.3 is 21.5 Å². The number of aliphatic carboxylic acids is 1. The Labute approximate surface area is 105 Å². The number of nitrogens with one attached hydrogen (secondary N) is 2. The van der Waals surface area contributed by atoms with E-state index in [2.05, 4.69) is 17.2 Å². The summed E-state index contributed by atoms with van der Waals surface area (Å²) in [6.45, 7) is 5.62. The Morgan fingerprint density at radius 2 is 1.94 bits per heavy atom. The van der Waals surface area contributed by atoms with Crippen LogP contribution in [0, 0.1) is 0 Å². The predicted molar refractivity (Wildman–Crippen MR) is 65.7 cm³/mol. The van der Waals surface area contributed by atoms with Gasteiger partial charge in [0, 0.05) is 25.1 Å². The van der Waals surface area contributed by atoms with Crippen molar-refractivity contribution in [1.82, 2.24) is 10.6 Å². The fraction of sp³-hybridized carbons (Fsp3) is 0.545. The Morgan fingerprint density at radius 1 is 1.33 bits per heavy atom. The van der Waals surface area contributed by atoms with Crippen LogP contribution in [-0.4, -0.2) is 42.0 Å². The molecule has 1 unspecified atom stereocenters. The van der Waals surface area contributed by atoms with Gasteiger partial charge in [-0.05, 0) is 13.3 Å². The maximum Gasteiger partial charge on any atom is 0.320 e. The third kappa shape index (κ3) is 7.39. The van der Waals surface area contributed by atoms with E-state index in [9.17, 15) is 14.4 Å². The first kappa shape index (κ1) is 16.1. The Kier molecular flexibility index (Phi) is 7.37. The first-order chi connectivity index (χ1) is 8.34. The third-order valence-electron chi connectivity index (χ3n) is 2.17. The van der Waals surface area contributed by atoms with E-state index < -0.39 is 17.9 Å². The second-order valence-corrected chi connectivity index (χ2v) is 3.89. The first-order valence-corrected chi connectivity index (χ1v) is 5.52. The summed E-state index contributed by atoms with van der Waals surface area (Å²) in [5, 5.41) is 14.1. The Bertz CT molecular complexity index is 341. The average molecular weight is 257 g/mol. The van der Waals surface area contributed by atoms with Gasteiger partial charge in [-0.1, -0.05) is 6.58 Å². The van der Waals surface area contributed by atoms with Crippen molar-refractivity contribution in [3.63, 3.8) is 0 Å². The van der Waals surface area contributed by atoms with Crippen LogP contribution in [0.1, 0.15) is 19.8 Å². The largest absolute Gasteiger partial charge is 0.480 e. The third-order valence-corrected chi connectivity index (χ3v) is 2.17. The topological polar surface area (TPSA) is 122 Å². The average Bonchev–Trinajstić information content (AvgIpc) is 2.26. The van der Waals surface area contributed by atoms with Crippen LogP contribution in [0.15, 0.2) is 12.2 Å². The first-order valence-electron chi connectivity index (χ1n) is 5.52. The van der Waals surface area contributed by atoms with Crippen molar-refractivity contribution in [2.24, 2.45) is 5.73 Å². The number of carboxylic acid groups (broad SMARTS) is 1. The zero-order valence-corrected chi connectivity index (χ0v) is 10.4. The molecule has 0 aliphatic rings. The molecule has 0 rings (SSSR count). The smallest absolute Gasteiger partial charge is 0.320 e. The Balaban J connectivity index is 3.91. The molecule has 5 N–H and O–H groups in total. The SMILES string of the molecule is C=C(C)C(=O)NCCNC(CCC(N)=O)C(=O)O. The number of rotatable bonds is 9. The van der Waals surface area contributed by atoms with E-state index in [1.165, 1.54) is 0 Å². The molecule has 0 saturated carbocycles. The van der Waals surface area contributed by atoms with Crippen LogP contribution in [0.5, 0.6) is 0 Å². The molecule has 0 aromatic rings. The zero-order valence-electron chi connectivity index (χ0n) is 10.4. The minimum Gasteiger partial charge on any atom is -0.480 e. The summed E-state index contributed by atoms with van der Waals surface area (Å²) in [7, 11) is 0. The molecule has 18 heavy (non-hydrogen) atoms. The highest BCUT2D eigenvalue weighted by atomic mass is 16.4. The lowest BCUT2D eigenvalue weighted by Crippen LogP contribution is -2.41. The van der Waals surface area contributed by atoms with E-state index in [1.807, 2.05) is 0 Å². The highest BCUT2D eigenvalue weighted by Gasteiger charge is 2.17. The summed E-state index contributed by atoms with van der Waals surface area (Å²) < 4.78 is 0. The van der Waals surface area contributed by atoms with Gasteiger partial charge in [-0.15, -0.1) is 0 Å². The molecule has 0 aliphatic carbocycles. The van der Waals surface area contributed by atoms with Gasteiger partial charge in [-0.25, -0.2) is 0 Å². The fourth-order valence-corrected chi connectivity index (χ4v) is 1.17. The van der Waals surface area contributed by atoms with Gasteiger partial charge in [0.1, 0.15) is 6.04 Å². The second-order valence-electron chi connectivity index (χ2n) is 3.89. The van der Waals surface area contributed by atoms with Crippen LogP contribution < -0.4 is 16.4 Å². The maximum atomic E-state index is 11.1. The lowest BCUT2D eigenvalue weighted by atomic mass is 10.1. The van der Waals surface area contributed by atoms with Crippen molar-refractivity contribution in [3.05, 3.63) is 12.2 Å². The Hall–Kier alpha value is -1.89. The molecule has 0 heterocycles. The van der Waals surface area contributed by atoms with Crippen molar-refractivity contribution < 1.29 is 19.5 Å². The van der Waals surface area contributed by atoms with Crippen LogP contribution in [0.4, 0.5) is 0 Å². The van der Waals surface area contributed by atoms with Crippen molar-refractivity contribution in [3.8, 4) is 0 Å². The van der Waals surface area contributed by atoms with Crippen LogP contribution in [0.25, 0.3) is 0 Å². The second kappa shape index (κ2) is 8.24. The molecule has 0 spiro atoms. The zero-order chi connectivity index (χ0) is 14.1. The summed E-state index contributed by atoms with van der Waals surface area (Å²) in [5.74, 6) is -1.87. The number of hydrogen-bond acceptors (Lipinski definition) is 4. The summed E-state index contributed by atoms with van der Waals surface area (Å²) in [6, 6.07) is -0.848. The van der Waals surface area contributed by atoms with Crippen LogP contribution >= 0.6 is 0 Å². The van der Waals surface area contributed by atoms with Gasteiger partial charge in [0.15, 0.2) is 0 Å². The minimum absolute atomic E-state index is 0.00208. The molecule has 0 aromatic heterocycles. The van der Waals surface area contributed by atoms with Gasteiger partial charge in [0.05, 0.1) is 0 Å². The summed E-state index contributed by atoms with van der Waals surface area (Å²) in [6.07, 6.45) is 0.126. The summed E-state index contributed by atoms with van der Waals surface area (Å²) in [4.78, 5) is 32.5. The maximum absolute atomic E-state index is 11.1. The van der Waals surface area contributed by atoms with Gasteiger partial charge in [-0.3, -0.25) is 14.4 Å². The normalized spacial score (nSPS) is 11.6. The molecule has 0 aliphatic heterocycles. The van der Waals surface area contributed by atoms with Crippen LogP contribution in [0.3, 0.4) is 0 Å². The molecule has 102 valence electrons. The molecule has 7 heteroatoms. The van der Waals surface area contributed by atoms with E-state index in [1.54, 1.807) is 6.92 Å². The number of amides is 2. The number of hydrogen-bond donors (Lipinski definition) is 4. The fourth-order valence-electron chi connectivity index (χ4n) is 1.17. The number of nitrogens with two attached hydrogens (primary N) is 1. The van der Waals surface area contributed by atoms with E-state index in [0.717, 1.165) is 0 Å². The van der Waals surface area contributed by atoms with E-state index in [4.69, 9.17) is 10.8 Å². The molecular weight excluding hydrogens is 238 g/mol. The van der Waals surface area contributed by atoms with Gasteiger partial charge >= 0.3 is 5.97 Å². The molecule has 0 aromatic carbocycles. The molecule has 2 amide bonds. The lowest BCUT2D eigenvalue weighted by molar-refractivity contribution is -0.139. The molecule has 0 fully saturated rings. The highest BCUT2D eigenvalue weighted by Crippen LogP contribution is 1.96. The monoisotopic (exact) mass is 257 g/mol. The molecule has 0 radical (unpaired) electrons. The standard InChI is InChI=1S/C11H19N3O4/c1-7(2)10(16)14-6-5-13-8(11(17)18)3-4-9(12)15/h8,13H,1,3-6H2,2H3,(H2,12,15)(H,14,16)(H,17,18). The van der Waals surface area contributed by atoms with E-state index in [0.29, 0.717) is 5.57 Å².